The molecule has 1 amide bonds. The number of rotatable bonds is 4. The van der Waals surface area contributed by atoms with Crippen LogP contribution in [0, 0.1) is 0 Å². The summed E-state index contributed by atoms with van der Waals surface area (Å²) < 4.78 is 10.0. The lowest BCUT2D eigenvalue weighted by molar-refractivity contribution is 0.102. The zero-order chi connectivity index (χ0) is 16.4. The number of aromatic amines is 1. The van der Waals surface area contributed by atoms with Crippen LogP contribution in [0.25, 0.3) is 10.6 Å². The van der Waals surface area contributed by atoms with Gasteiger partial charge in [-0.2, -0.15) is 5.10 Å². The average Bonchev–Trinajstić information content (AvgIpc) is 3.16. The van der Waals surface area contributed by atoms with E-state index in [2.05, 4.69) is 25.2 Å². The van der Waals surface area contributed by atoms with Crippen molar-refractivity contribution in [1.29, 1.82) is 0 Å². The van der Waals surface area contributed by atoms with Gasteiger partial charge in [0.15, 0.2) is 11.4 Å². The lowest BCUT2D eigenvalue weighted by Gasteiger charge is -2.05. The van der Waals surface area contributed by atoms with Crippen molar-refractivity contribution in [3.8, 4) is 16.3 Å². The van der Waals surface area contributed by atoms with E-state index in [-0.39, 0.29) is 16.9 Å². The number of hydrogen-bond acceptors (Lipinski definition) is 7. The van der Waals surface area contributed by atoms with E-state index in [0.29, 0.717) is 16.3 Å². The fourth-order valence-electron chi connectivity index (χ4n) is 1.88. The number of ether oxygens (including phenoxy) is 1. The van der Waals surface area contributed by atoms with E-state index < -0.39 is 5.91 Å². The number of carbonyl (C=O) groups is 1. The third-order valence-electron chi connectivity index (χ3n) is 3.09. The summed E-state index contributed by atoms with van der Waals surface area (Å²) in [6.45, 7) is 0. The number of benzene rings is 1. The van der Waals surface area contributed by atoms with Crippen molar-refractivity contribution in [2.75, 3.05) is 12.4 Å². The maximum absolute atomic E-state index is 12.4. The standard InChI is InChI=1S/C13H12N6O3S/c1-19-13(21)10(15-17-19)11-9(16-18-23-11)12(20)14-7-3-5-8(22-2)6-4-7/h3-6,17H,1-2H3,(H,14,20). The SMILES string of the molecule is COc1ccc(NC(=O)c2nnsc2-c2n[nH]n(C)c2=O)cc1. The fourth-order valence-corrected chi connectivity index (χ4v) is 2.53. The second kappa shape index (κ2) is 6.01. The molecule has 1 aromatic carbocycles. The number of H-pyrrole nitrogens is 1. The Hall–Kier alpha value is -3.01. The number of nitrogens with one attached hydrogen (secondary N) is 2. The summed E-state index contributed by atoms with van der Waals surface area (Å²) in [4.78, 5) is 24.6. The van der Waals surface area contributed by atoms with E-state index in [4.69, 9.17) is 4.74 Å². The van der Waals surface area contributed by atoms with E-state index in [1.165, 1.54) is 11.7 Å². The summed E-state index contributed by atoms with van der Waals surface area (Å²) in [7, 11) is 3.09. The lowest BCUT2D eigenvalue weighted by Crippen LogP contribution is -2.16. The molecule has 3 aromatic rings. The van der Waals surface area contributed by atoms with Gasteiger partial charge in [-0.05, 0) is 35.8 Å². The van der Waals surface area contributed by atoms with Crippen LogP contribution in [-0.4, -0.2) is 37.6 Å². The Morgan fingerprint density at radius 2 is 2.09 bits per heavy atom. The molecule has 0 radical (unpaired) electrons. The van der Waals surface area contributed by atoms with Gasteiger partial charge in [0.25, 0.3) is 11.5 Å². The van der Waals surface area contributed by atoms with Crippen LogP contribution in [0.1, 0.15) is 10.5 Å². The predicted molar refractivity (Wildman–Crippen MR) is 83.7 cm³/mol. The molecular formula is C13H12N6O3S. The summed E-state index contributed by atoms with van der Waals surface area (Å²) in [5.74, 6) is 0.211. The van der Waals surface area contributed by atoms with Gasteiger partial charge >= 0.3 is 0 Å². The molecule has 2 N–H and O–H groups in total. The van der Waals surface area contributed by atoms with E-state index >= 15 is 0 Å². The van der Waals surface area contributed by atoms with Crippen LogP contribution < -0.4 is 15.6 Å². The van der Waals surface area contributed by atoms with Gasteiger partial charge < -0.3 is 10.1 Å². The number of aryl methyl sites for hydroxylation is 1. The Kier molecular flexibility index (Phi) is 3.89. The zero-order valence-electron chi connectivity index (χ0n) is 12.2. The first-order chi connectivity index (χ1) is 11.1. The molecule has 0 spiro atoms. The normalized spacial score (nSPS) is 10.5. The first kappa shape index (κ1) is 14.9. The highest BCUT2D eigenvalue weighted by Crippen LogP contribution is 2.22. The van der Waals surface area contributed by atoms with Gasteiger partial charge in [0.05, 0.1) is 7.11 Å². The second-order valence-corrected chi connectivity index (χ2v) is 5.31. The number of amides is 1. The maximum Gasteiger partial charge on any atom is 0.295 e. The number of carbonyl (C=O) groups excluding carboxylic acids is 1. The van der Waals surface area contributed by atoms with Crippen molar-refractivity contribution in [3.05, 3.63) is 40.3 Å². The number of nitrogens with zero attached hydrogens (tertiary/aromatic N) is 4. The Balaban J connectivity index is 1.87. The largest absolute Gasteiger partial charge is 0.497 e. The molecule has 0 saturated heterocycles. The molecule has 9 nitrogen and oxygen atoms in total. The summed E-state index contributed by atoms with van der Waals surface area (Å²) >= 11 is 0.937. The number of hydrogen-bond donors (Lipinski definition) is 2. The van der Waals surface area contributed by atoms with E-state index in [1.54, 1.807) is 31.4 Å². The number of anilines is 1. The summed E-state index contributed by atoms with van der Waals surface area (Å²) in [5.41, 5.74) is 0.386. The van der Waals surface area contributed by atoms with E-state index in [0.717, 1.165) is 11.5 Å². The molecule has 0 unspecified atom stereocenters. The molecule has 0 aliphatic carbocycles. The highest BCUT2D eigenvalue weighted by Gasteiger charge is 2.22. The van der Waals surface area contributed by atoms with Gasteiger partial charge in [-0.1, -0.05) is 4.49 Å². The van der Waals surface area contributed by atoms with Crippen LogP contribution in [0.4, 0.5) is 5.69 Å². The van der Waals surface area contributed by atoms with Crippen molar-refractivity contribution in [2.24, 2.45) is 7.05 Å². The molecule has 0 saturated carbocycles. The third-order valence-corrected chi connectivity index (χ3v) is 3.82. The molecule has 0 aliphatic rings. The molecule has 23 heavy (non-hydrogen) atoms. The Morgan fingerprint density at radius 1 is 1.35 bits per heavy atom. The van der Waals surface area contributed by atoms with Gasteiger partial charge in [0.1, 0.15) is 10.6 Å². The third kappa shape index (κ3) is 2.83. The van der Waals surface area contributed by atoms with Gasteiger partial charge in [-0.25, -0.2) is 9.90 Å². The van der Waals surface area contributed by atoms with Crippen LogP contribution in [0.3, 0.4) is 0 Å². The Bertz CT molecular complexity index is 895. The summed E-state index contributed by atoms with van der Waals surface area (Å²) in [5, 5.41) is 12.9. The van der Waals surface area contributed by atoms with Crippen molar-refractivity contribution < 1.29 is 9.53 Å². The molecule has 10 heteroatoms. The molecule has 118 valence electrons. The van der Waals surface area contributed by atoms with Gasteiger partial charge in [0.2, 0.25) is 0 Å². The number of methoxy groups -OCH3 is 1. The first-order valence-corrected chi connectivity index (χ1v) is 7.27. The quantitative estimate of drug-likeness (QED) is 0.733. The highest BCUT2D eigenvalue weighted by molar-refractivity contribution is 7.09. The molecule has 0 aliphatic heterocycles. The average molecular weight is 332 g/mol. The minimum atomic E-state index is -0.469. The molecule has 0 bridgehead atoms. The van der Waals surface area contributed by atoms with Crippen LogP contribution in [0.2, 0.25) is 0 Å². The predicted octanol–water partition coefficient (Wildman–Crippen LogP) is 0.888. The van der Waals surface area contributed by atoms with Crippen LogP contribution in [0.15, 0.2) is 29.1 Å². The monoisotopic (exact) mass is 332 g/mol. The van der Waals surface area contributed by atoms with Crippen LogP contribution in [0.5, 0.6) is 5.75 Å². The number of aromatic nitrogens is 5. The molecule has 2 aromatic heterocycles. The lowest BCUT2D eigenvalue weighted by atomic mass is 10.2. The van der Waals surface area contributed by atoms with Crippen molar-refractivity contribution in [3.63, 3.8) is 0 Å². The van der Waals surface area contributed by atoms with Crippen molar-refractivity contribution in [1.82, 2.24) is 24.6 Å². The molecule has 0 fully saturated rings. The van der Waals surface area contributed by atoms with E-state index in [9.17, 15) is 9.59 Å². The minimum absolute atomic E-state index is 0.0509. The smallest absolute Gasteiger partial charge is 0.295 e. The second-order valence-electron chi connectivity index (χ2n) is 4.56. The molecule has 2 heterocycles. The van der Waals surface area contributed by atoms with Crippen LogP contribution in [-0.2, 0) is 7.05 Å². The van der Waals surface area contributed by atoms with E-state index in [1.807, 2.05) is 0 Å². The zero-order valence-corrected chi connectivity index (χ0v) is 13.0. The topological polar surface area (TPSA) is 115 Å². The Labute approximate surface area is 134 Å². The van der Waals surface area contributed by atoms with Crippen LogP contribution >= 0.6 is 11.5 Å². The van der Waals surface area contributed by atoms with Crippen molar-refractivity contribution in [2.45, 2.75) is 0 Å². The first-order valence-electron chi connectivity index (χ1n) is 6.49. The van der Waals surface area contributed by atoms with Gasteiger partial charge in [-0.3, -0.25) is 9.59 Å². The van der Waals surface area contributed by atoms with Gasteiger partial charge in [0, 0.05) is 12.7 Å². The molecular weight excluding hydrogens is 320 g/mol. The highest BCUT2D eigenvalue weighted by atomic mass is 32.1. The molecule has 0 atom stereocenters. The Morgan fingerprint density at radius 3 is 2.70 bits per heavy atom. The summed E-state index contributed by atoms with van der Waals surface area (Å²) in [6.07, 6.45) is 0. The summed E-state index contributed by atoms with van der Waals surface area (Å²) in [6, 6.07) is 6.84. The molecule has 3 rings (SSSR count). The van der Waals surface area contributed by atoms with Gasteiger partial charge in [-0.15, -0.1) is 5.10 Å². The van der Waals surface area contributed by atoms with Crippen molar-refractivity contribution >= 4 is 23.1 Å². The fraction of sp³-hybridized carbons (Fsp3) is 0.154. The maximum atomic E-state index is 12.4. The minimum Gasteiger partial charge on any atom is -0.497 e.